The predicted molar refractivity (Wildman–Crippen MR) is 92.2 cm³/mol. The molecular formula is C17H28N2O4S. The molecule has 2 N–H and O–H groups in total. The standard InChI is InChI=1S/C17H28N2O4S/c1-2-24(23)14-7-3-6-13(9-14)18-16(22)19-10-12-5-4-8-17(12,11-19)15(20)21/h12-14H,2-11H2,1H3,(H,18,22)(H,20,21)/t12-,13?,14?,17+,24?/m0/s1. The Kier molecular flexibility index (Phi) is 5.18. The maximum Gasteiger partial charge on any atom is 0.317 e. The molecule has 5 atom stereocenters. The summed E-state index contributed by atoms with van der Waals surface area (Å²) in [5.41, 5.74) is -0.726. The summed E-state index contributed by atoms with van der Waals surface area (Å²) in [5.74, 6) is 0.00381. The van der Waals surface area contributed by atoms with Gasteiger partial charge in [-0.2, -0.15) is 0 Å². The zero-order valence-corrected chi connectivity index (χ0v) is 15.1. The lowest BCUT2D eigenvalue weighted by atomic mass is 9.81. The average molecular weight is 356 g/mol. The number of carbonyl (C=O) groups excluding carboxylic acids is 1. The Hall–Kier alpha value is -1.11. The van der Waals surface area contributed by atoms with E-state index in [1.54, 1.807) is 4.90 Å². The van der Waals surface area contributed by atoms with Crippen molar-refractivity contribution >= 4 is 22.8 Å². The smallest absolute Gasteiger partial charge is 0.317 e. The molecular weight excluding hydrogens is 328 g/mol. The zero-order chi connectivity index (χ0) is 17.3. The summed E-state index contributed by atoms with van der Waals surface area (Å²) in [4.78, 5) is 26.0. The van der Waals surface area contributed by atoms with Crippen LogP contribution in [-0.4, -0.2) is 56.3 Å². The Balaban J connectivity index is 1.58. The number of rotatable bonds is 4. The number of nitrogens with zero attached hydrogens (tertiary/aromatic N) is 1. The van der Waals surface area contributed by atoms with Crippen LogP contribution in [0.3, 0.4) is 0 Å². The Bertz CT molecular complexity index is 541. The number of likely N-dealkylation sites (tertiary alicyclic amines) is 1. The highest BCUT2D eigenvalue weighted by molar-refractivity contribution is 7.85. The van der Waals surface area contributed by atoms with Gasteiger partial charge in [0.2, 0.25) is 0 Å². The maximum atomic E-state index is 12.6. The van der Waals surface area contributed by atoms with Gasteiger partial charge in [-0.3, -0.25) is 9.00 Å². The number of fused-ring (bicyclic) bond motifs is 1. The molecule has 3 rings (SSSR count). The van der Waals surface area contributed by atoms with E-state index in [1.807, 2.05) is 6.92 Å². The molecule has 0 aromatic carbocycles. The van der Waals surface area contributed by atoms with Crippen molar-refractivity contribution in [2.45, 2.75) is 63.2 Å². The quantitative estimate of drug-likeness (QED) is 0.806. The number of hydrogen-bond acceptors (Lipinski definition) is 3. The van der Waals surface area contributed by atoms with Gasteiger partial charge < -0.3 is 15.3 Å². The van der Waals surface area contributed by atoms with E-state index in [-0.39, 0.29) is 23.2 Å². The molecule has 24 heavy (non-hydrogen) atoms. The number of urea groups is 1. The first-order valence-electron chi connectivity index (χ1n) is 9.12. The van der Waals surface area contributed by atoms with Crippen molar-refractivity contribution in [1.82, 2.24) is 10.2 Å². The molecule has 3 unspecified atom stereocenters. The fraction of sp³-hybridized carbons (Fsp3) is 0.882. The molecule has 2 saturated carbocycles. The van der Waals surface area contributed by atoms with Gasteiger partial charge in [0, 0.05) is 40.9 Å². The molecule has 0 aromatic rings. The SMILES string of the molecule is CCS(=O)C1CCCC(NC(=O)N2C[C@@H]3CCC[C@@]3(C(=O)O)C2)C1. The van der Waals surface area contributed by atoms with Crippen LogP contribution < -0.4 is 5.32 Å². The third-order valence-corrected chi connectivity index (χ3v) is 7.93. The molecule has 7 heteroatoms. The van der Waals surface area contributed by atoms with Gasteiger partial charge in [-0.15, -0.1) is 0 Å². The summed E-state index contributed by atoms with van der Waals surface area (Å²) in [6.07, 6.45) is 6.18. The molecule has 0 aromatic heterocycles. The van der Waals surface area contributed by atoms with Crippen LogP contribution in [0.5, 0.6) is 0 Å². The van der Waals surface area contributed by atoms with Gasteiger partial charge in [-0.1, -0.05) is 19.8 Å². The second-order valence-corrected chi connectivity index (χ2v) is 9.54. The molecule has 3 aliphatic rings. The van der Waals surface area contributed by atoms with Gasteiger partial charge in [0.25, 0.3) is 0 Å². The number of amides is 2. The van der Waals surface area contributed by atoms with Gasteiger partial charge in [0.15, 0.2) is 0 Å². The van der Waals surface area contributed by atoms with Crippen molar-refractivity contribution in [2.75, 3.05) is 18.8 Å². The lowest BCUT2D eigenvalue weighted by Crippen LogP contribution is -2.47. The maximum absolute atomic E-state index is 12.6. The van der Waals surface area contributed by atoms with E-state index in [4.69, 9.17) is 0 Å². The third kappa shape index (κ3) is 3.19. The minimum atomic E-state index is -0.810. The van der Waals surface area contributed by atoms with Crippen LogP contribution in [0, 0.1) is 11.3 Å². The summed E-state index contributed by atoms with van der Waals surface area (Å²) >= 11 is 0. The van der Waals surface area contributed by atoms with Gasteiger partial charge in [-0.25, -0.2) is 4.79 Å². The Labute approximate surface area is 145 Å². The first-order chi connectivity index (χ1) is 11.5. The highest BCUT2D eigenvalue weighted by Crippen LogP contribution is 2.48. The van der Waals surface area contributed by atoms with Crippen molar-refractivity contribution in [3.63, 3.8) is 0 Å². The van der Waals surface area contributed by atoms with Gasteiger partial charge in [0.1, 0.15) is 0 Å². The number of carboxylic acid groups (broad SMARTS) is 1. The van der Waals surface area contributed by atoms with Crippen molar-refractivity contribution in [1.29, 1.82) is 0 Å². The van der Waals surface area contributed by atoms with E-state index in [2.05, 4.69) is 5.32 Å². The summed E-state index contributed by atoms with van der Waals surface area (Å²) in [7, 11) is -0.810. The number of aliphatic carboxylic acids is 1. The van der Waals surface area contributed by atoms with Crippen LogP contribution in [0.1, 0.15) is 51.9 Å². The van der Waals surface area contributed by atoms with Crippen LogP contribution in [0.15, 0.2) is 0 Å². The minimum Gasteiger partial charge on any atom is -0.481 e. The number of carboxylic acids is 1. The van der Waals surface area contributed by atoms with E-state index in [1.165, 1.54) is 0 Å². The molecule has 2 aliphatic carbocycles. The van der Waals surface area contributed by atoms with Crippen LogP contribution in [0.4, 0.5) is 4.79 Å². The molecule has 136 valence electrons. The van der Waals surface area contributed by atoms with E-state index in [9.17, 15) is 18.9 Å². The monoisotopic (exact) mass is 356 g/mol. The predicted octanol–water partition coefficient (Wildman–Crippen LogP) is 1.96. The summed E-state index contributed by atoms with van der Waals surface area (Å²) < 4.78 is 12.0. The number of hydrogen-bond donors (Lipinski definition) is 2. The number of carbonyl (C=O) groups is 2. The molecule has 1 saturated heterocycles. The van der Waals surface area contributed by atoms with E-state index in [0.29, 0.717) is 25.3 Å². The minimum absolute atomic E-state index is 0.0629. The Morgan fingerprint density at radius 3 is 2.75 bits per heavy atom. The Morgan fingerprint density at radius 1 is 1.29 bits per heavy atom. The van der Waals surface area contributed by atoms with E-state index in [0.717, 1.165) is 38.5 Å². The molecule has 1 aliphatic heterocycles. The van der Waals surface area contributed by atoms with Crippen molar-refractivity contribution in [3.8, 4) is 0 Å². The van der Waals surface area contributed by atoms with Gasteiger partial charge in [-0.05, 0) is 38.0 Å². The first-order valence-corrected chi connectivity index (χ1v) is 10.5. The van der Waals surface area contributed by atoms with Crippen molar-refractivity contribution in [2.24, 2.45) is 11.3 Å². The molecule has 0 bridgehead atoms. The molecule has 1 heterocycles. The highest BCUT2D eigenvalue weighted by atomic mass is 32.2. The molecule has 0 spiro atoms. The van der Waals surface area contributed by atoms with Crippen LogP contribution in [0.25, 0.3) is 0 Å². The molecule has 2 amide bonds. The summed E-state index contributed by atoms with van der Waals surface area (Å²) in [5, 5.41) is 12.9. The summed E-state index contributed by atoms with van der Waals surface area (Å²) in [6.45, 7) is 2.82. The lowest BCUT2D eigenvalue weighted by molar-refractivity contribution is -0.149. The van der Waals surface area contributed by atoms with Crippen molar-refractivity contribution in [3.05, 3.63) is 0 Å². The van der Waals surface area contributed by atoms with Crippen LogP contribution >= 0.6 is 0 Å². The third-order valence-electron chi connectivity index (χ3n) is 6.19. The number of nitrogens with one attached hydrogen (secondary N) is 1. The van der Waals surface area contributed by atoms with E-state index < -0.39 is 22.2 Å². The van der Waals surface area contributed by atoms with Gasteiger partial charge >= 0.3 is 12.0 Å². The molecule has 3 fully saturated rings. The second-order valence-electron chi connectivity index (χ2n) is 7.54. The van der Waals surface area contributed by atoms with E-state index >= 15 is 0 Å². The normalized spacial score (nSPS) is 37.0. The first kappa shape index (κ1) is 17.7. The topological polar surface area (TPSA) is 86.7 Å². The Morgan fingerprint density at radius 2 is 2.08 bits per heavy atom. The van der Waals surface area contributed by atoms with Gasteiger partial charge in [0.05, 0.1) is 5.41 Å². The summed E-state index contributed by atoms with van der Waals surface area (Å²) in [6, 6.07) is -0.0778. The van der Waals surface area contributed by atoms with Crippen LogP contribution in [-0.2, 0) is 15.6 Å². The largest absolute Gasteiger partial charge is 0.481 e. The molecule has 6 nitrogen and oxygen atoms in total. The lowest BCUT2D eigenvalue weighted by Gasteiger charge is -2.31. The zero-order valence-electron chi connectivity index (χ0n) is 14.3. The molecule has 0 radical (unpaired) electrons. The fourth-order valence-corrected chi connectivity index (χ4v) is 6.16. The highest BCUT2D eigenvalue weighted by Gasteiger charge is 2.55. The fourth-order valence-electron chi connectivity index (χ4n) is 4.81. The second kappa shape index (κ2) is 7.02. The van der Waals surface area contributed by atoms with Crippen molar-refractivity contribution < 1.29 is 18.9 Å². The van der Waals surface area contributed by atoms with Crippen LogP contribution in [0.2, 0.25) is 0 Å². The average Bonchev–Trinajstić information content (AvgIpc) is 3.12.